The first-order valence-electron chi connectivity index (χ1n) is 6.28. The van der Waals surface area contributed by atoms with E-state index in [-0.39, 0.29) is 0 Å². The Morgan fingerprint density at radius 2 is 2.00 bits per heavy atom. The van der Waals surface area contributed by atoms with Gasteiger partial charge in [0.2, 0.25) is 0 Å². The maximum atomic E-state index is 10.8. The van der Waals surface area contributed by atoms with Crippen molar-refractivity contribution < 1.29 is 5.11 Å². The summed E-state index contributed by atoms with van der Waals surface area (Å²) in [4.78, 5) is 1.25. The first kappa shape index (κ1) is 13.8. The van der Waals surface area contributed by atoms with E-state index in [9.17, 15) is 5.11 Å². The van der Waals surface area contributed by atoms with E-state index in [4.69, 9.17) is 0 Å². The van der Waals surface area contributed by atoms with Gasteiger partial charge in [-0.15, -0.1) is 11.3 Å². The Morgan fingerprint density at radius 1 is 1.16 bits per heavy atom. The topological polar surface area (TPSA) is 20.2 Å². The molecule has 19 heavy (non-hydrogen) atoms. The van der Waals surface area contributed by atoms with Gasteiger partial charge >= 0.3 is 0 Å². The van der Waals surface area contributed by atoms with Gasteiger partial charge in [0.05, 0.1) is 9.39 Å². The molecule has 0 radical (unpaired) electrons. The Labute approximate surface area is 133 Å². The summed E-state index contributed by atoms with van der Waals surface area (Å²) < 4.78 is 2.25. The molecule has 1 aromatic carbocycles. The molecule has 0 aliphatic heterocycles. The van der Waals surface area contributed by atoms with Crippen molar-refractivity contribution >= 4 is 43.2 Å². The van der Waals surface area contributed by atoms with Crippen LogP contribution < -0.4 is 0 Å². The maximum Gasteiger partial charge on any atom is 0.0739 e. The maximum absolute atomic E-state index is 10.8. The summed E-state index contributed by atoms with van der Waals surface area (Å²) in [6.07, 6.45) is 3.30. The average molecular weight is 402 g/mol. The summed E-state index contributed by atoms with van der Waals surface area (Å²) in [6.45, 7) is 0. The van der Waals surface area contributed by atoms with E-state index in [1.54, 1.807) is 11.3 Å². The Kier molecular flexibility index (Phi) is 3.87. The van der Waals surface area contributed by atoms with Gasteiger partial charge in [-0.1, -0.05) is 22.0 Å². The molecule has 0 bridgehead atoms. The minimum absolute atomic E-state index is 0.592. The van der Waals surface area contributed by atoms with Crippen molar-refractivity contribution in [2.45, 2.75) is 31.3 Å². The molecule has 0 amide bonds. The molecule has 0 saturated carbocycles. The monoisotopic (exact) mass is 400 g/mol. The highest BCUT2D eigenvalue weighted by atomic mass is 79.9. The second-order valence-electron chi connectivity index (χ2n) is 5.20. The van der Waals surface area contributed by atoms with Crippen LogP contribution in [0.15, 0.2) is 38.6 Å². The van der Waals surface area contributed by atoms with Crippen LogP contribution in [0, 0.1) is 0 Å². The zero-order valence-electron chi connectivity index (χ0n) is 10.3. The fourth-order valence-electron chi connectivity index (χ4n) is 2.73. The number of thiophene rings is 1. The molecule has 2 aromatic rings. The van der Waals surface area contributed by atoms with E-state index >= 15 is 0 Å². The zero-order valence-corrected chi connectivity index (χ0v) is 14.3. The number of benzene rings is 1. The number of hydrogen-bond donors (Lipinski definition) is 1. The van der Waals surface area contributed by atoms with Crippen LogP contribution in [0.5, 0.6) is 0 Å². The minimum atomic E-state index is -0.592. The molecule has 1 nitrogen and oxygen atoms in total. The minimum Gasteiger partial charge on any atom is -0.389 e. The molecule has 0 fully saturated rings. The standard InChI is InChI=1S/C15H14Br2OS/c16-12-2-1-11-8-15(18,6-5-10(11)7-12)9-13-3-4-14(17)19-13/h1-4,7,18H,5-6,8-9H2. The van der Waals surface area contributed by atoms with Crippen LogP contribution in [0.2, 0.25) is 0 Å². The third-order valence-electron chi connectivity index (χ3n) is 3.68. The van der Waals surface area contributed by atoms with E-state index in [2.05, 4.69) is 62.2 Å². The Bertz CT molecular complexity index is 608. The first-order valence-corrected chi connectivity index (χ1v) is 8.68. The van der Waals surface area contributed by atoms with Crippen LogP contribution in [-0.4, -0.2) is 10.7 Å². The lowest BCUT2D eigenvalue weighted by molar-refractivity contribution is 0.0275. The van der Waals surface area contributed by atoms with Crippen molar-refractivity contribution in [2.75, 3.05) is 0 Å². The van der Waals surface area contributed by atoms with Crippen molar-refractivity contribution in [3.05, 3.63) is 54.6 Å². The largest absolute Gasteiger partial charge is 0.389 e. The quantitative estimate of drug-likeness (QED) is 0.770. The molecule has 1 aliphatic carbocycles. The van der Waals surface area contributed by atoms with Gasteiger partial charge in [0.25, 0.3) is 0 Å². The summed E-state index contributed by atoms with van der Waals surface area (Å²) in [7, 11) is 0. The Balaban J connectivity index is 1.81. The lowest BCUT2D eigenvalue weighted by atomic mass is 9.78. The van der Waals surface area contributed by atoms with Gasteiger partial charge in [-0.3, -0.25) is 0 Å². The Hall–Kier alpha value is -0.160. The molecule has 1 aromatic heterocycles. The van der Waals surface area contributed by atoms with Crippen LogP contribution >= 0.6 is 43.2 Å². The smallest absolute Gasteiger partial charge is 0.0739 e. The average Bonchev–Trinajstić information content (AvgIpc) is 2.75. The van der Waals surface area contributed by atoms with Gasteiger partial charge in [-0.2, -0.15) is 0 Å². The molecular weight excluding hydrogens is 388 g/mol. The Morgan fingerprint density at radius 3 is 2.74 bits per heavy atom. The van der Waals surface area contributed by atoms with Gasteiger partial charge in [0.15, 0.2) is 0 Å². The fourth-order valence-corrected chi connectivity index (χ4v) is 4.76. The van der Waals surface area contributed by atoms with Crippen LogP contribution in [-0.2, 0) is 19.3 Å². The number of rotatable bonds is 2. The number of hydrogen-bond acceptors (Lipinski definition) is 2. The SMILES string of the molecule is OC1(Cc2ccc(Br)s2)CCc2cc(Br)ccc2C1. The van der Waals surface area contributed by atoms with Crippen molar-refractivity contribution in [1.82, 2.24) is 0 Å². The molecule has 1 atom stereocenters. The van der Waals surface area contributed by atoms with Gasteiger partial charge in [0, 0.05) is 22.2 Å². The predicted molar refractivity (Wildman–Crippen MR) is 86.8 cm³/mol. The highest BCUT2D eigenvalue weighted by Gasteiger charge is 2.32. The second-order valence-corrected chi connectivity index (χ2v) is 8.66. The van der Waals surface area contributed by atoms with Crippen molar-refractivity contribution in [3.63, 3.8) is 0 Å². The van der Waals surface area contributed by atoms with Gasteiger partial charge in [-0.05, 0) is 64.2 Å². The fraction of sp³-hybridized carbons (Fsp3) is 0.333. The van der Waals surface area contributed by atoms with Crippen LogP contribution in [0.4, 0.5) is 0 Å². The summed E-state index contributed by atoms with van der Waals surface area (Å²) in [5.41, 5.74) is 2.06. The van der Waals surface area contributed by atoms with Gasteiger partial charge in [0.1, 0.15) is 0 Å². The third-order valence-corrected chi connectivity index (χ3v) is 5.80. The van der Waals surface area contributed by atoms with Crippen molar-refractivity contribution in [1.29, 1.82) is 0 Å². The molecular formula is C15H14Br2OS. The highest BCUT2D eigenvalue weighted by molar-refractivity contribution is 9.11. The second kappa shape index (κ2) is 5.32. The highest BCUT2D eigenvalue weighted by Crippen LogP contribution is 2.34. The van der Waals surface area contributed by atoms with Crippen LogP contribution in [0.25, 0.3) is 0 Å². The molecule has 1 aliphatic rings. The summed E-state index contributed by atoms with van der Waals surface area (Å²) in [6, 6.07) is 10.5. The predicted octanol–water partition coefficient (Wildman–Crippen LogP) is 4.74. The number of aryl methyl sites for hydroxylation is 1. The third kappa shape index (κ3) is 3.13. The number of aliphatic hydroxyl groups is 1. The number of halogens is 2. The lowest BCUT2D eigenvalue weighted by Gasteiger charge is -2.33. The summed E-state index contributed by atoms with van der Waals surface area (Å²) in [5, 5.41) is 10.8. The molecule has 1 heterocycles. The number of fused-ring (bicyclic) bond motifs is 1. The molecule has 4 heteroatoms. The van der Waals surface area contributed by atoms with Crippen molar-refractivity contribution in [2.24, 2.45) is 0 Å². The lowest BCUT2D eigenvalue weighted by Crippen LogP contribution is -2.37. The van der Waals surface area contributed by atoms with E-state index in [1.807, 2.05) is 0 Å². The van der Waals surface area contributed by atoms with Crippen LogP contribution in [0.1, 0.15) is 22.4 Å². The van der Waals surface area contributed by atoms with Gasteiger partial charge < -0.3 is 5.11 Å². The van der Waals surface area contributed by atoms with Crippen LogP contribution in [0.3, 0.4) is 0 Å². The molecule has 1 N–H and O–H groups in total. The van der Waals surface area contributed by atoms with E-state index in [0.29, 0.717) is 0 Å². The molecule has 0 spiro atoms. The molecule has 1 unspecified atom stereocenters. The van der Waals surface area contributed by atoms with Gasteiger partial charge in [-0.25, -0.2) is 0 Å². The molecule has 0 saturated heterocycles. The normalized spacial score (nSPS) is 22.3. The van der Waals surface area contributed by atoms with E-state index in [1.165, 1.54) is 16.0 Å². The summed E-state index contributed by atoms with van der Waals surface area (Å²) in [5.74, 6) is 0. The van der Waals surface area contributed by atoms with E-state index < -0.39 is 5.60 Å². The molecule has 100 valence electrons. The zero-order chi connectivity index (χ0) is 13.5. The van der Waals surface area contributed by atoms with Crippen molar-refractivity contribution in [3.8, 4) is 0 Å². The van der Waals surface area contributed by atoms with E-state index in [0.717, 1.165) is 33.9 Å². The summed E-state index contributed by atoms with van der Waals surface area (Å²) >= 11 is 8.70. The first-order chi connectivity index (χ1) is 9.04. The molecule has 3 rings (SSSR count).